The largest absolute Gasteiger partial charge is 0.463 e. The molecule has 4 aliphatic heterocycles. The SMILES string of the molecule is C[C@H](CO)N1C(=O)[C@H]2[C@@H]3C(=O)N[C@@H](c4ccccc4)COC(=O)CC/C=C\[C@@H]3O[C@]23C=CCN(c2ccc4ccccc4c2)C(=O)[C@H]13. The molecule has 10 nitrogen and oxygen atoms in total. The number of amides is 3. The highest BCUT2D eigenvalue weighted by atomic mass is 16.5. The Morgan fingerprint density at radius 1 is 0.957 bits per heavy atom. The average molecular weight is 636 g/mol. The van der Waals surface area contributed by atoms with Crippen LogP contribution in [-0.2, 0) is 28.7 Å². The van der Waals surface area contributed by atoms with Crippen LogP contribution in [0.25, 0.3) is 10.8 Å². The van der Waals surface area contributed by atoms with Gasteiger partial charge < -0.3 is 29.7 Å². The molecule has 1 spiro atoms. The standard InChI is InChI=1S/C37H37N3O7/c1-23(21-41)40-33-36(45)39(27-17-16-24-10-5-6-13-26(24)20-27)19-9-18-37(33)32(35(40)44)31-29(47-37)14-7-8-15-30(42)46-22-28(38-34(31)43)25-11-3-2-4-12-25/h2-7,9-14,16-18,20,23,28-29,31-33,41H,8,15,19,21-22H2,1H3,(H,38,43)/b14-7-/t23-,28-,29+,31-,32-,33+,37-/m1/s1. The molecule has 2 saturated heterocycles. The molecule has 0 aliphatic carbocycles. The Morgan fingerprint density at radius 3 is 2.51 bits per heavy atom. The number of carbonyl (C=O) groups is 4. The molecule has 47 heavy (non-hydrogen) atoms. The van der Waals surface area contributed by atoms with E-state index in [4.69, 9.17) is 9.47 Å². The molecule has 3 aromatic carbocycles. The van der Waals surface area contributed by atoms with E-state index < -0.39 is 53.5 Å². The van der Waals surface area contributed by atoms with E-state index >= 15 is 0 Å². The first kappa shape index (κ1) is 30.8. The lowest BCUT2D eigenvalue weighted by molar-refractivity contribution is -0.146. The van der Waals surface area contributed by atoms with E-state index in [2.05, 4.69) is 5.32 Å². The van der Waals surface area contributed by atoms with Crippen molar-refractivity contribution in [3.63, 3.8) is 0 Å². The summed E-state index contributed by atoms with van der Waals surface area (Å²) in [6.45, 7) is 1.47. The molecule has 3 amide bonds. The van der Waals surface area contributed by atoms with Crippen molar-refractivity contribution in [2.45, 2.75) is 49.6 Å². The summed E-state index contributed by atoms with van der Waals surface area (Å²) in [5.74, 6) is -3.67. The van der Waals surface area contributed by atoms with Crippen molar-refractivity contribution in [2.75, 3.05) is 24.7 Å². The molecule has 0 aromatic heterocycles. The number of nitrogens with zero attached hydrogens (tertiary/aromatic N) is 2. The molecule has 242 valence electrons. The number of nitrogens with one attached hydrogen (secondary N) is 1. The van der Waals surface area contributed by atoms with Crippen LogP contribution in [0.15, 0.2) is 97.1 Å². The van der Waals surface area contributed by atoms with Crippen LogP contribution in [0.5, 0.6) is 0 Å². The average Bonchev–Trinajstić information content (AvgIpc) is 3.48. The van der Waals surface area contributed by atoms with Crippen LogP contribution in [0, 0.1) is 11.8 Å². The van der Waals surface area contributed by atoms with Gasteiger partial charge >= 0.3 is 5.97 Å². The molecule has 0 saturated carbocycles. The number of aliphatic hydroxyl groups excluding tert-OH is 1. The van der Waals surface area contributed by atoms with Crippen molar-refractivity contribution < 1.29 is 33.8 Å². The van der Waals surface area contributed by atoms with Gasteiger partial charge in [0.2, 0.25) is 11.8 Å². The van der Waals surface area contributed by atoms with Gasteiger partial charge in [-0.2, -0.15) is 0 Å². The summed E-state index contributed by atoms with van der Waals surface area (Å²) in [5, 5.41) is 15.3. The summed E-state index contributed by atoms with van der Waals surface area (Å²) in [6.07, 6.45) is 6.73. The van der Waals surface area contributed by atoms with Gasteiger partial charge in [0.1, 0.15) is 18.2 Å². The number of allylic oxidation sites excluding steroid dienone is 1. The second kappa shape index (κ2) is 12.4. The lowest BCUT2D eigenvalue weighted by atomic mass is 9.77. The fraction of sp³-hybridized carbons (Fsp3) is 0.351. The van der Waals surface area contributed by atoms with Crippen LogP contribution in [0.3, 0.4) is 0 Å². The van der Waals surface area contributed by atoms with E-state index in [1.807, 2.05) is 78.9 Å². The zero-order chi connectivity index (χ0) is 32.7. The molecule has 7 atom stereocenters. The van der Waals surface area contributed by atoms with E-state index in [0.29, 0.717) is 12.1 Å². The minimum Gasteiger partial charge on any atom is -0.463 e. The molecule has 0 bridgehead atoms. The summed E-state index contributed by atoms with van der Waals surface area (Å²) in [7, 11) is 0. The Hall–Kier alpha value is -4.80. The zero-order valence-electron chi connectivity index (χ0n) is 26.0. The quantitative estimate of drug-likeness (QED) is 0.332. The third kappa shape index (κ3) is 5.31. The third-order valence-electron chi connectivity index (χ3n) is 9.79. The van der Waals surface area contributed by atoms with Crippen molar-refractivity contribution in [1.29, 1.82) is 0 Å². The number of esters is 1. The van der Waals surface area contributed by atoms with Crippen LogP contribution in [0.1, 0.15) is 31.4 Å². The van der Waals surface area contributed by atoms with Gasteiger partial charge in [-0.25, -0.2) is 0 Å². The number of fused-ring (bicyclic) bond motifs is 3. The molecular weight excluding hydrogens is 598 g/mol. The number of rotatable bonds is 4. The number of carbonyl (C=O) groups excluding carboxylic acids is 4. The minimum absolute atomic E-state index is 0.0737. The highest BCUT2D eigenvalue weighted by Crippen LogP contribution is 2.53. The number of hydrogen-bond donors (Lipinski definition) is 2. The Balaban J connectivity index is 1.31. The van der Waals surface area contributed by atoms with Gasteiger partial charge in [0, 0.05) is 18.7 Å². The maximum Gasteiger partial charge on any atom is 0.306 e. The molecule has 4 heterocycles. The molecule has 7 rings (SSSR count). The lowest BCUT2D eigenvalue weighted by Gasteiger charge is -2.37. The van der Waals surface area contributed by atoms with Crippen molar-refractivity contribution in [2.24, 2.45) is 11.8 Å². The van der Waals surface area contributed by atoms with Crippen LogP contribution in [0.4, 0.5) is 5.69 Å². The molecule has 4 aliphatic rings. The number of cyclic esters (lactones) is 1. The summed E-state index contributed by atoms with van der Waals surface area (Å²) in [6, 6.07) is 20.3. The number of hydrogen-bond acceptors (Lipinski definition) is 7. The lowest BCUT2D eigenvalue weighted by Crippen LogP contribution is -2.57. The van der Waals surface area contributed by atoms with Gasteiger partial charge in [-0.1, -0.05) is 85.0 Å². The fourth-order valence-electron chi connectivity index (χ4n) is 7.52. The predicted molar refractivity (Wildman–Crippen MR) is 174 cm³/mol. The molecule has 2 N–H and O–H groups in total. The number of ether oxygens (including phenoxy) is 2. The number of anilines is 1. The summed E-state index contributed by atoms with van der Waals surface area (Å²) < 4.78 is 12.3. The number of likely N-dealkylation sites (tertiary alicyclic amines) is 1. The third-order valence-corrected chi connectivity index (χ3v) is 9.79. The highest BCUT2D eigenvalue weighted by molar-refractivity contribution is 6.06. The zero-order valence-corrected chi connectivity index (χ0v) is 26.0. The monoisotopic (exact) mass is 635 g/mol. The van der Waals surface area contributed by atoms with E-state index in [0.717, 1.165) is 16.3 Å². The number of benzene rings is 3. The molecular formula is C37H37N3O7. The minimum atomic E-state index is -1.48. The van der Waals surface area contributed by atoms with E-state index in [9.17, 15) is 24.3 Å². The van der Waals surface area contributed by atoms with Crippen LogP contribution < -0.4 is 10.2 Å². The van der Waals surface area contributed by atoms with Crippen LogP contribution in [-0.4, -0.2) is 77.2 Å². The second-order valence-corrected chi connectivity index (χ2v) is 12.6. The molecule has 3 aromatic rings. The van der Waals surface area contributed by atoms with Crippen molar-refractivity contribution in [1.82, 2.24) is 10.2 Å². The number of aliphatic hydroxyl groups is 1. The smallest absolute Gasteiger partial charge is 0.306 e. The first-order valence-corrected chi connectivity index (χ1v) is 16.1. The highest BCUT2D eigenvalue weighted by Gasteiger charge is 2.72. The van der Waals surface area contributed by atoms with Crippen LogP contribution in [0.2, 0.25) is 0 Å². The summed E-state index contributed by atoms with van der Waals surface area (Å²) in [5.41, 5.74) is -0.0665. The van der Waals surface area contributed by atoms with Gasteiger partial charge in [0.15, 0.2) is 0 Å². The summed E-state index contributed by atoms with van der Waals surface area (Å²) >= 11 is 0. The first-order chi connectivity index (χ1) is 22.8. The van der Waals surface area contributed by atoms with E-state index in [1.165, 1.54) is 4.90 Å². The maximum absolute atomic E-state index is 14.7. The molecule has 2 fully saturated rings. The normalized spacial score (nSPS) is 30.7. The molecule has 10 heteroatoms. The Labute approximate surface area is 272 Å². The molecule has 0 unspecified atom stereocenters. The summed E-state index contributed by atoms with van der Waals surface area (Å²) in [4.78, 5) is 59.2. The van der Waals surface area contributed by atoms with Crippen molar-refractivity contribution in [3.8, 4) is 0 Å². The Kier molecular flexibility index (Phi) is 8.15. The topological polar surface area (TPSA) is 125 Å². The van der Waals surface area contributed by atoms with Gasteiger partial charge in [0.05, 0.1) is 36.6 Å². The Bertz CT molecular complexity index is 1770. The van der Waals surface area contributed by atoms with E-state index in [-0.39, 0.29) is 38.1 Å². The Morgan fingerprint density at radius 2 is 1.72 bits per heavy atom. The van der Waals surface area contributed by atoms with Gasteiger partial charge in [-0.15, -0.1) is 0 Å². The maximum atomic E-state index is 14.7. The van der Waals surface area contributed by atoms with Crippen molar-refractivity contribution in [3.05, 3.63) is 103 Å². The second-order valence-electron chi connectivity index (χ2n) is 12.6. The fourth-order valence-corrected chi connectivity index (χ4v) is 7.52. The van der Waals surface area contributed by atoms with E-state index in [1.54, 1.807) is 30.1 Å². The van der Waals surface area contributed by atoms with Gasteiger partial charge in [-0.3, -0.25) is 19.2 Å². The van der Waals surface area contributed by atoms with Gasteiger partial charge in [-0.05, 0) is 41.8 Å². The van der Waals surface area contributed by atoms with Crippen LogP contribution >= 0.6 is 0 Å². The molecule has 0 radical (unpaired) electrons. The predicted octanol–water partition coefficient (Wildman–Crippen LogP) is 3.45. The van der Waals surface area contributed by atoms with Gasteiger partial charge in [0.25, 0.3) is 5.91 Å². The first-order valence-electron chi connectivity index (χ1n) is 16.1. The van der Waals surface area contributed by atoms with Crippen molar-refractivity contribution >= 4 is 40.2 Å².